The van der Waals surface area contributed by atoms with E-state index in [4.69, 9.17) is 0 Å². The quantitative estimate of drug-likeness (QED) is 0.231. The first-order valence-electron chi connectivity index (χ1n) is 5.23. The number of carboxylic acid groups (broad SMARTS) is 1. The Bertz CT molecular complexity index is 197. The Kier molecular flexibility index (Phi) is 7.99. The van der Waals surface area contributed by atoms with Crippen LogP contribution in [0.15, 0.2) is 0 Å². The molecule has 0 aromatic rings. The van der Waals surface area contributed by atoms with E-state index in [0.29, 0.717) is 6.42 Å². The highest BCUT2D eigenvalue weighted by Gasteiger charge is 2.32. The first-order chi connectivity index (χ1) is 6.92. The predicted octanol–water partition coefficient (Wildman–Crippen LogP) is 1.52. The smallest absolute Gasteiger partial charge is 0.159 e. The summed E-state index contributed by atoms with van der Waals surface area (Å²) in [4.78, 5) is 8.55. The Morgan fingerprint density at radius 3 is 2.47 bits per heavy atom. The minimum Gasteiger partial charge on any atom is -0.546 e. The van der Waals surface area contributed by atoms with Crippen LogP contribution in [0, 0.1) is 0 Å². The number of thiol groups is 1. The van der Waals surface area contributed by atoms with Gasteiger partial charge in [-0.2, -0.15) is 0 Å². The van der Waals surface area contributed by atoms with Crippen LogP contribution in [-0.2, 0) is 4.79 Å². The molecule has 3 nitrogen and oxygen atoms in total. The molecule has 2 unspecified atom stereocenters. The van der Waals surface area contributed by atoms with E-state index in [1.807, 2.05) is 22.6 Å². The van der Waals surface area contributed by atoms with Gasteiger partial charge in [-0.15, -0.1) is 12.6 Å². The van der Waals surface area contributed by atoms with Gasteiger partial charge in [0.2, 0.25) is 0 Å². The van der Waals surface area contributed by atoms with E-state index >= 15 is 0 Å². The van der Waals surface area contributed by atoms with Gasteiger partial charge < -0.3 is 15.0 Å². The molecule has 0 radical (unpaired) electrons. The van der Waals surface area contributed by atoms with Gasteiger partial charge in [0.15, 0.2) is 4.93 Å². The average Bonchev–Trinajstić information content (AvgIpc) is 2.16. The number of hydrogen-bond acceptors (Lipinski definition) is 4. The molecule has 0 fully saturated rings. The van der Waals surface area contributed by atoms with Crippen molar-refractivity contribution in [2.75, 3.05) is 0 Å². The summed E-state index contributed by atoms with van der Waals surface area (Å²) in [5.74, 6) is -1.52. The molecule has 0 aromatic carbocycles. The predicted molar refractivity (Wildman–Crippen MR) is 70.1 cm³/mol. The van der Waals surface area contributed by atoms with Crippen molar-refractivity contribution in [1.29, 1.82) is 0 Å². The zero-order valence-corrected chi connectivity index (χ0v) is 12.0. The molecule has 5 heteroatoms. The lowest BCUT2D eigenvalue weighted by Crippen LogP contribution is -2.50. The van der Waals surface area contributed by atoms with Crippen LogP contribution < -0.4 is 5.11 Å². The topological polar surface area (TPSA) is 60.4 Å². The number of hydrogen-bond donors (Lipinski definition) is 2. The van der Waals surface area contributed by atoms with Gasteiger partial charge in [0.25, 0.3) is 0 Å². The van der Waals surface area contributed by atoms with Crippen molar-refractivity contribution in [1.82, 2.24) is 0 Å². The highest BCUT2D eigenvalue weighted by Crippen LogP contribution is 2.27. The number of aliphatic carboxylic acids is 1. The molecule has 0 saturated carbocycles. The van der Waals surface area contributed by atoms with Crippen LogP contribution in [-0.4, -0.2) is 19.9 Å². The summed E-state index contributed by atoms with van der Waals surface area (Å²) < 4.78 is -0.412. The normalized spacial score (nSPS) is 17.1. The van der Waals surface area contributed by atoms with Crippen molar-refractivity contribution in [2.24, 2.45) is 0 Å². The fraction of sp³-hybridized carbons (Fsp3) is 0.900. The number of alkyl halides is 1. The van der Waals surface area contributed by atoms with Gasteiger partial charge in [-0.3, -0.25) is 0 Å². The minimum atomic E-state index is -2.01. The zero-order valence-electron chi connectivity index (χ0n) is 8.91. The molecule has 0 aromatic heterocycles. The SMILES string of the molecule is CCCCCCCC(I)C(O)(S)C(=O)[O-]. The molecule has 0 bridgehead atoms. The van der Waals surface area contributed by atoms with E-state index in [0.717, 1.165) is 19.3 Å². The van der Waals surface area contributed by atoms with Crippen LogP contribution in [0.2, 0.25) is 0 Å². The van der Waals surface area contributed by atoms with Crippen molar-refractivity contribution in [3.05, 3.63) is 0 Å². The summed E-state index contributed by atoms with van der Waals surface area (Å²) in [5.41, 5.74) is 0. The highest BCUT2D eigenvalue weighted by molar-refractivity contribution is 14.1. The highest BCUT2D eigenvalue weighted by atomic mass is 127. The molecule has 0 aliphatic rings. The van der Waals surface area contributed by atoms with Gasteiger partial charge >= 0.3 is 0 Å². The third kappa shape index (κ3) is 5.97. The summed E-state index contributed by atoms with van der Waals surface area (Å²) in [6.45, 7) is 2.14. The van der Waals surface area contributed by atoms with Crippen LogP contribution in [0.3, 0.4) is 0 Å². The van der Waals surface area contributed by atoms with Gasteiger partial charge in [0.05, 0.1) is 9.89 Å². The molecule has 0 saturated heterocycles. The number of halogens is 1. The second-order valence-corrected chi connectivity index (χ2v) is 5.87. The van der Waals surface area contributed by atoms with E-state index < -0.39 is 14.8 Å². The summed E-state index contributed by atoms with van der Waals surface area (Å²) in [6, 6.07) is 0. The molecule has 0 amide bonds. The van der Waals surface area contributed by atoms with Crippen LogP contribution in [0.1, 0.15) is 45.4 Å². The lowest BCUT2D eigenvalue weighted by Gasteiger charge is -2.28. The summed E-state index contributed by atoms with van der Waals surface area (Å²) in [7, 11) is 0. The fourth-order valence-electron chi connectivity index (χ4n) is 1.26. The first-order valence-corrected chi connectivity index (χ1v) is 6.92. The van der Waals surface area contributed by atoms with Crippen LogP contribution in [0.4, 0.5) is 0 Å². The Labute approximate surface area is 110 Å². The van der Waals surface area contributed by atoms with Gasteiger partial charge in [0.1, 0.15) is 0 Å². The number of rotatable bonds is 8. The van der Waals surface area contributed by atoms with E-state index in [1.54, 1.807) is 0 Å². The third-order valence-electron chi connectivity index (χ3n) is 2.30. The van der Waals surface area contributed by atoms with Gasteiger partial charge in [-0.05, 0) is 6.42 Å². The first kappa shape index (κ1) is 15.5. The standard InChI is InChI=1S/C10H19IO3S/c1-2-3-4-5-6-7-8(11)10(14,15)9(12)13/h8,14-15H,2-7H2,1H3,(H,12,13)/p-1. The molecule has 15 heavy (non-hydrogen) atoms. The van der Waals surface area contributed by atoms with Crippen molar-refractivity contribution in [2.45, 2.75) is 54.3 Å². The molecular formula is C10H18IO3S-. The number of aliphatic hydroxyl groups is 1. The summed E-state index contributed by atoms with van der Waals surface area (Å²) in [6.07, 6.45) is 6.20. The fourth-order valence-corrected chi connectivity index (χ4v) is 2.08. The number of carboxylic acids is 1. The number of unbranched alkanes of at least 4 members (excludes halogenated alkanes) is 4. The molecule has 0 spiro atoms. The second kappa shape index (κ2) is 7.73. The summed E-state index contributed by atoms with van der Waals surface area (Å²) in [5, 5.41) is 20.0. The third-order valence-corrected chi connectivity index (χ3v) is 4.81. The van der Waals surface area contributed by atoms with Crippen LogP contribution in [0.25, 0.3) is 0 Å². The molecular weight excluding hydrogens is 327 g/mol. The monoisotopic (exact) mass is 345 g/mol. The Balaban J connectivity index is 3.73. The Morgan fingerprint density at radius 2 is 2.00 bits per heavy atom. The van der Waals surface area contributed by atoms with Gasteiger partial charge in [-0.1, -0.05) is 61.6 Å². The van der Waals surface area contributed by atoms with Gasteiger partial charge in [-0.25, -0.2) is 0 Å². The largest absolute Gasteiger partial charge is 0.546 e. The van der Waals surface area contributed by atoms with Crippen LogP contribution >= 0.6 is 35.2 Å². The molecule has 0 aliphatic carbocycles. The summed E-state index contributed by atoms with van der Waals surface area (Å²) >= 11 is 5.62. The number of carbonyl (C=O) groups is 1. The zero-order chi connectivity index (χ0) is 11.9. The lowest BCUT2D eigenvalue weighted by atomic mass is 10.1. The van der Waals surface area contributed by atoms with Gasteiger partial charge in [0, 0.05) is 0 Å². The average molecular weight is 345 g/mol. The maximum Gasteiger partial charge on any atom is 0.159 e. The molecule has 90 valence electrons. The Morgan fingerprint density at radius 1 is 1.47 bits per heavy atom. The van der Waals surface area contributed by atoms with Crippen molar-refractivity contribution < 1.29 is 15.0 Å². The van der Waals surface area contributed by atoms with E-state index in [-0.39, 0.29) is 0 Å². The molecule has 2 atom stereocenters. The molecule has 0 rings (SSSR count). The Hall–Kier alpha value is 0.510. The van der Waals surface area contributed by atoms with Crippen molar-refractivity contribution in [3.8, 4) is 0 Å². The van der Waals surface area contributed by atoms with Crippen molar-refractivity contribution >= 4 is 41.2 Å². The minimum absolute atomic E-state index is 0.412. The lowest BCUT2D eigenvalue weighted by molar-refractivity contribution is -0.317. The molecule has 0 heterocycles. The van der Waals surface area contributed by atoms with E-state index in [1.165, 1.54) is 12.8 Å². The van der Waals surface area contributed by atoms with Crippen molar-refractivity contribution in [3.63, 3.8) is 0 Å². The molecule has 1 N–H and O–H groups in total. The van der Waals surface area contributed by atoms with Crippen LogP contribution in [0.5, 0.6) is 0 Å². The second-order valence-electron chi connectivity index (χ2n) is 3.68. The number of carbonyl (C=O) groups excluding carboxylic acids is 1. The maximum absolute atomic E-state index is 10.6. The molecule has 0 aliphatic heterocycles. The van der Waals surface area contributed by atoms with E-state index in [2.05, 4.69) is 19.6 Å². The maximum atomic E-state index is 10.6. The van der Waals surface area contributed by atoms with E-state index in [9.17, 15) is 15.0 Å².